The first-order chi connectivity index (χ1) is 9.49. The predicted octanol–water partition coefficient (Wildman–Crippen LogP) is 2.61. The van der Waals surface area contributed by atoms with Crippen LogP contribution >= 0.6 is 0 Å². The summed E-state index contributed by atoms with van der Waals surface area (Å²) in [6.07, 6.45) is 6.02. The fourth-order valence-electron chi connectivity index (χ4n) is 2.92. The maximum Gasteiger partial charge on any atom is 0.214 e. The zero-order valence-electron chi connectivity index (χ0n) is 13.5. The zero-order chi connectivity index (χ0) is 15.1. The van der Waals surface area contributed by atoms with Crippen molar-refractivity contribution < 1.29 is 8.42 Å². The molecule has 120 valence electrons. The summed E-state index contributed by atoms with van der Waals surface area (Å²) in [6, 6.07) is 0. The van der Waals surface area contributed by atoms with Crippen molar-refractivity contribution in [3.63, 3.8) is 0 Å². The average molecular weight is 305 g/mol. The molecule has 1 N–H and O–H groups in total. The first kappa shape index (κ1) is 17.9. The summed E-state index contributed by atoms with van der Waals surface area (Å²) >= 11 is 0. The molecular formula is C15H32N2O2S. The lowest BCUT2D eigenvalue weighted by atomic mass is 9.82. The van der Waals surface area contributed by atoms with Crippen molar-refractivity contribution in [2.45, 2.75) is 59.3 Å². The molecule has 20 heavy (non-hydrogen) atoms. The number of unbranched alkanes of at least 4 members (excludes halogenated alkanes) is 1. The molecule has 0 radical (unpaired) electrons. The topological polar surface area (TPSA) is 49.4 Å². The minimum Gasteiger partial charge on any atom is -0.317 e. The molecule has 0 aromatic heterocycles. The minimum atomic E-state index is -3.04. The van der Waals surface area contributed by atoms with Gasteiger partial charge < -0.3 is 5.32 Å². The van der Waals surface area contributed by atoms with Crippen molar-refractivity contribution in [2.24, 2.45) is 5.41 Å². The molecule has 0 aromatic rings. The number of hydrogen-bond acceptors (Lipinski definition) is 3. The van der Waals surface area contributed by atoms with Gasteiger partial charge in [-0.1, -0.05) is 20.8 Å². The van der Waals surface area contributed by atoms with Gasteiger partial charge in [0.05, 0.1) is 5.75 Å². The number of rotatable bonds is 10. The summed E-state index contributed by atoms with van der Waals surface area (Å²) in [5.41, 5.74) is 0.232. The van der Waals surface area contributed by atoms with Gasteiger partial charge in [0.1, 0.15) is 0 Å². The lowest BCUT2D eigenvalue weighted by Crippen LogP contribution is -2.33. The Morgan fingerprint density at radius 1 is 1.10 bits per heavy atom. The van der Waals surface area contributed by atoms with Crippen molar-refractivity contribution in [1.29, 1.82) is 0 Å². The van der Waals surface area contributed by atoms with Crippen LogP contribution in [0.15, 0.2) is 0 Å². The Morgan fingerprint density at radius 2 is 1.80 bits per heavy atom. The van der Waals surface area contributed by atoms with E-state index in [0.717, 1.165) is 64.7 Å². The quantitative estimate of drug-likeness (QED) is 0.631. The highest BCUT2D eigenvalue weighted by Gasteiger charge is 2.39. The third kappa shape index (κ3) is 5.01. The van der Waals surface area contributed by atoms with E-state index in [4.69, 9.17) is 0 Å². The second-order valence-corrected chi connectivity index (χ2v) is 8.15. The number of hydrogen-bond donors (Lipinski definition) is 1. The Hall–Kier alpha value is -0.130. The van der Waals surface area contributed by atoms with E-state index in [1.165, 1.54) is 0 Å². The second-order valence-electron chi connectivity index (χ2n) is 6.06. The van der Waals surface area contributed by atoms with Crippen LogP contribution in [-0.2, 0) is 10.0 Å². The summed E-state index contributed by atoms with van der Waals surface area (Å²) in [5, 5.41) is 3.31. The summed E-state index contributed by atoms with van der Waals surface area (Å²) in [5.74, 6) is 0.310. The van der Waals surface area contributed by atoms with Crippen LogP contribution in [0, 0.1) is 5.41 Å². The molecule has 0 amide bonds. The molecule has 0 unspecified atom stereocenters. The van der Waals surface area contributed by atoms with Gasteiger partial charge >= 0.3 is 0 Å². The highest BCUT2D eigenvalue weighted by atomic mass is 32.2. The van der Waals surface area contributed by atoms with E-state index >= 15 is 0 Å². The van der Waals surface area contributed by atoms with E-state index in [2.05, 4.69) is 26.1 Å². The summed E-state index contributed by atoms with van der Waals surface area (Å²) in [7, 11) is -3.04. The molecule has 1 aliphatic rings. The SMILES string of the molecule is CCCNCCCCS(=O)(=O)N1CCC(CC)(CC)C1. The normalized spacial score (nSPS) is 19.6. The van der Waals surface area contributed by atoms with Crippen molar-refractivity contribution >= 4 is 10.0 Å². The Bertz CT molecular complexity index is 364. The number of nitrogens with one attached hydrogen (secondary N) is 1. The van der Waals surface area contributed by atoms with E-state index in [-0.39, 0.29) is 5.41 Å². The van der Waals surface area contributed by atoms with Crippen LogP contribution in [0.2, 0.25) is 0 Å². The largest absolute Gasteiger partial charge is 0.317 e. The van der Waals surface area contributed by atoms with Crippen molar-refractivity contribution in [1.82, 2.24) is 9.62 Å². The Balaban J connectivity index is 2.35. The first-order valence-corrected chi connectivity index (χ1v) is 9.79. The Kier molecular flexibility index (Phi) is 7.48. The number of nitrogens with zero attached hydrogens (tertiary/aromatic N) is 1. The van der Waals surface area contributed by atoms with Gasteiger partial charge in [0.15, 0.2) is 0 Å². The smallest absolute Gasteiger partial charge is 0.214 e. The lowest BCUT2D eigenvalue weighted by Gasteiger charge is -2.26. The van der Waals surface area contributed by atoms with Crippen LogP contribution in [-0.4, -0.2) is 44.7 Å². The van der Waals surface area contributed by atoms with Crippen LogP contribution in [0.3, 0.4) is 0 Å². The van der Waals surface area contributed by atoms with E-state index < -0.39 is 10.0 Å². The van der Waals surface area contributed by atoms with Gasteiger partial charge in [-0.25, -0.2) is 12.7 Å². The van der Waals surface area contributed by atoms with Crippen LogP contribution < -0.4 is 5.32 Å². The van der Waals surface area contributed by atoms with Gasteiger partial charge in [-0.2, -0.15) is 0 Å². The predicted molar refractivity (Wildman–Crippen MR) is 85.4 cm³/mol. The van der Waals surface area contributed by atoms with Crippen LogP contribution in [0.5, 0.6) is 0 Å². The van der Waals surface area contributed by atoms with Crippen LogP contribution in [0.25, 0.3) is 0 Å². The van der Waals surface area contributed by atoms with E-state index in [0.29, 0.717) is 5.75 Å². The standard InChI is InChI=1S/C15H32N2O2S/c1-4-10-16-11-7-8-13-20(18,19)17-12-9-15(5-2,6-3)14-17/h16H,4-14H2,1-3H3. The average Bonchev–Trinajstić information content (AvgIpc) is 2.89. The monoisotopic (exact) mass is 304 g/mol. The van der Waals surface area contributed by atoms with Gasteiger partial charge in [-0.15, -0.1) is 0 Å². The summed E-state index contributed by atoms with van der Waals surface area (Å²) in [6.45, 7) is 9.90. The third-order valence-corrected chi connectivity index (χ3v) is 6.63. The molecule has 0 bridgehead atoms. The van der Waals surface area contributed by atoms with E-state index in [1.54, 1.807) is 4.31 Å². The van der Waals surface area contributed by atoms with Crippen molar-refractivity contribution in [3.8, 4) is 0 Å². The number of sulfonamides is 1. The fourth-order valence-corrected chi connectivity index (χ4v) is 4.59. The molecule has 0 aliphatic carbocycles. The van der Waals surface area contributed by atoms with E-state index in [9.17, 15) is 8.42 Å². The molecule has 0 atom stereocenters. The first-order valence-electron chi connectivity index (χ1n) is 8.18. The highest BCUT2D eigenvalue weighted by molar-refractivity contribution is 7.89. The molecule has 1 rings (SSSR count). The van der Waals surface area contributed by atoms with Crippen LogP contribution in [0.4, 0.5) is 0 Å². The fraction of sp³-hybridized carbons (Fsp3) is 1.00. The Morgan fingerprint density at radius 3 is 2.35 bits per heavy atom. The van der Waals surface area contributed by atoms with Gasteiger partial charge in [-0.05, 0) is 57.0 Å². The molecule has 1 saturated heterocycles. The lowest BCUT2D eigenvalue weighted by molar-refractivity contribution is 0.279. The maximum atomic E-state index is 12.3. The molecule has 4 nitrogen and oxygen atoms in total. The van der Waals surface area contributed by atoms with Gasteiger partial charge in [0, 0.05) is 13.1 Å². The summed E-state index contributed by atoms with van der Waals surface area (Å²) < 4.78 is 26.4. The van der Waals surface area contributed by atoms with Gasteiger partial charge in [-0.3, -0.25) is 0 Å². The van der Waals surface area contributed by atoms with Gasteiger partial charge in [0.25, 0.3) is 0 Å². The third-order valence-electron chi connectivity index (χ3n) is 4.73. The second kappa shape index (κ2) is 8.35. The van der Waals surface area contributed by atoms with E-state index in [1.807, 2.05) is 0 Å². The Labute approximate surface area is 125 Å². The zero-order valence-corrected chi connectivity index (χ0v) is 14.3. The molecule has 5 heteroatoms. The minimum absolute atomic E-state index is 0.232. The maximum absolute atomic E-state index is 12.3. The summed E-state index contributed by atoms with van der Waals surface area (Å²) in [4.78, 5) is 0. The molecule has 1 heterocycles. The molecule has 0 aromatic carbocycles. The van der Waals surface area contributed by atoms with Gasteiger partial charge in [0.2, 0.25) is 10.0 Å². The molecule has 0 saturated carbocycles. The highest BCUT2D eigenvalue weighted by Crippen LogP contribution is 2.38. The van der Waals surface area contributed by atoms with Crippen molar-refractivity contribution in [2.75, 3.05) is 31.9 Å². The molecular weight excluding hydrogens is 272 g/mol. The van der Waals surface area contributed by atoms with Crippen LogP contribution in [0.1, 0.15) is 59.3 Å². The molecule has 1 fully saturated rings. The van der Waals surface area contributed by atoms with Crippen molar-refractivity contribution in [3.05, 3.63) is 0 Å². The molecule has 0 spiro atoms. The molecule has 1 aliphatic heterocycles.